The van der Waals surface area contributed by atoms with Crippen LogP contribution in [0, 0.1) is 0 Å². The number of benzene rings is 1. The van der Waals surface area contributed by atoms with Crippen LogP contribution in [-0.2, 0) is 0 Å². The number of hydrogen-bond acceptors (Lipinski definition) is 4. The largest absolute Gasteiger partial charge is 0.295 e. The predicted molar refractivity (Wildman–Crippen MR) is 68.9 cm³/mol. The van der Waals surface area contributed by atoms with E-state index in [-0.39, 0.29) is 5.78 Å². The molecule has 0 atom stereocenters. The molecule has 6 heteroatoms. The molecule has 3 rings (SSSR count). The van der Waals surface area contributed by atoms with E-state index in [1.165, 1.54) is 0 Å². The van der Waals surface area contributed by atoms with Gasteiger partial charge in [-0.3, -0.25) is 14.5 Å². The molecule has 0 aliphatic rings. The molecule has 0 spiro atoms. The molecule has 19 heavy (non-hydrogen) atoms. The van der Waals surface area contributed by atoms with Gasteiger partial charge in [0, 0.05) is 23.5 Å². The highest BCUT2D eigenvalue weighted by Crippen LogP contribution is 2.16. The summed E-state index contributed by atoms with van der Waals surface area (Å²) in [5.74, 6) is 1.23. The molecule has 0 bridgehead atoms. The van der Waals surface area contributed by atoms with E-state index in [0.717, 1.165) is 5.56 Å². The van der Waals surface area contributed by atoms with Gasteiger partial charge in [-0.25, -0.2) is 4.98 Å². The van der Waals surface area contributed by atoms with Crippen molar-refractivity contribution in [2.75, 3.05) is 0 Å². The van der Waals surface area contributed by atoms with Gasteiger partial charge < -0.3 is 0 Å². The van der Waals surface area contributed by atoms with Gasteiger partial charge in [0.25, 0.3) is 5.95 Å². The summed E-state index contributed by atoms with van der Waals surface area (Å²) >= 11 is 0. The van der Waals surface area contributed by atoms with E-state index in [0.29, 0.717) is 17.3 Å². The molecule has 1 aromatic carbocycles. The average molecular weight is 253 g/mol. The molecule has 1 N–H and O–H groups in total. The number of Topliss-reactive ketones (excluding diaryl/α,β-unsaturated/α-hetero) is 1. The van der Waals surface area contributed by atoms with Crippen molar-refractivity contribution >= 4 is 5.78 Å². The molecular weight excluding hydrogens is 242 g/mol. The number of imidazole rings is 1. The lowest BCUT2D eigenvalue weighted by atomic mass is 10.1. The Kier molecular flexibility index (Phi) is 2.68. The summed E-state index contributed by atoms with van der Waals surface area (Å²) in [5, 5.41) is 6.98. The highest BCUT2D eigenvalue weighted by molar-refractivity contribution is 5.94. The Labute approximate surface area is 109 Å². The summed E-state index contributed by atoms with van der Waals surface area (Å²) in [6.45, 7) is 1.54. The lowest BCUT2D eigenvalue weighted by molar-refractivity contribution is 0.101. The summed E-state index contributed by atoms with van der Waals surface area (Å²) in [4.78, 5) is 19.5. The second kappa shape index (κ2) is 4.49. The van der Waals surface area contributed by atoms with Crippen LogP contribution < -0.4 is 0 Å². The number of rotatable bonds is 3. The smallest absolute Gasteiger partial charge is 0.254 e. The van der Waals surface area contributed by atoms with Gasteiger partial charge in [0.05, 0.1) is 0 Å². The molecule has 0 aliphatic carbocycles. The molecule has 2 heterocycles. The van der Waals surface area contributed by atoms with Gasteiger partial charge in [-0.2, -0.15) is 4.98 Å². The average Bonchev–Trinajstić information content (AvgIpc) is 3.10. The van der Waals surface area contributed by atoms with Gasteiger partial charge in [-0.1, -0.05) is 24.3 Å². The normalized spacial score (nSPS) is 10.6. The van der Waals surface area contributed by atoms with Gasteiger partial charge >= 0.3 is 0 Å². The SMILES string of the molecule is CC(=O)c1ccc(-c2nc(-n3ccnc3)n[nH]2)cc1. The monoisotopic (exact) mass is 253 g/mol. The van der Waals surface area contributed by atoms with E-state index in [1.807, 2.05) is 12.1 Å². The van der Waals surface area contributed by atoms with E-state index in [1.54, 1.807) is 42.3 Å². The van der Waals surface area contributed by atoms with Crippen LogP contribution in [0.2, 0.25) is 0 Å². The maximum absolute atomic E-state index is 11.2. The van der Waals surface area contributed by atoms with Crippen molar-refractivity contribution in [3.8, 4) is 17.3 Å². The number of hydrogen-bond donors (Lipinski definition) is 1. The molecule has 6 nitrogen and oxygen atoms in total. The molecule has 0 aliphatic heterocycles. The van der Waals surface area contributed by atoms with Crippen molar-refractivity contribution in [3.63, 3.8) is 0 Å². The maximum atomic E-state index is 11.2. The van der Waals surface area contributed by atoms with Crippen molar-refractivity contribution in [1.29, 1.82) is 0 Å². The first-order valence-corrected chi connectivity index (χ1v) is 5.76. The molecule has 0 saturated carbocycles. The maximum Gasteiger partial charge on any atom is 0.254 e. The second-order valence-electron chi connectivity index (χ2n) is 4.09. The Bertz CT molecular complexity index is 697. The van der Waals surface area contributed by atoms with Gasteiger partial charge in [0.1, 0.15) is 6.33 Å². The number of H-pyrrole nitrogens is 1. The Hall–Kier alpha value is -2.76. The number of carbonyl (C=O) groups excluding carboxylic acids is 1. The Morgan fingerprint density at radius 2 is 2.05 bits per heavy atom. The molecule has 0 saturated heterocycles. The number of nitrogens with zero attached hydrogens (tertiary/aromatic N) is 4. The molecule has 0 fully saturated rings. The fourth-order valence-electron chi connectivity index (χ4n) is 1.74. The molecule has 0 unspecified atom stereocenters. The third-order valence-electron chi connectivity index (χ3n) is 2.77. The molecule has 94 valence electrons. The van der Waals surface area contributed by atoms with E-state index >= 15 is 0 Å². The minimum atomic E-state index is 0.0447. The van der Waals surface area contributed by atoms with Gasteiger partial charge in [0.15, 0.2) is 11.6 Å². The minimum Gasteiger partial charge on any atom is -0.295 e. The van der Waals surface area contributed by atoms with Gasteiger partial charge in [0.2, 0.25) is 0 Å². The van der Waals surface area contributed by atoms with Crippen LogP contribution in [0.4, 0.5) is 0 Å². The van der Waals surface area contributed by atoms with E-state index < -0.39 is 0 Å². The standard InChI is InChI=1S/C13H11N5O/c1-9(19)10-2-4-11(5-3-10)12-15-13(17-16-12)18-7-6-14-8-18/h2-8H,1H3,(H,15,16,17). The summed E-state index contributed by atoms with van der Waals surface area (Å²) in [6.07, 6.45) is 5.06. The fourth-order valence-corrected chi connectivity index (χ4v) is 1.74. The molecular formula is C13H11N5O. The van der Waals surface area contributed by atoms with Crippen molar-refractivity contribution in [3.05, 3.63) is 48.5 Å². The van der Waals surface area contributed by atoms with E-state index in [2.05, 4.69) is 20.2 Å². The quantitative estimate of drug-likeness (QED) is 0.723. The fraction of sp³-hybridized carbons (Fsp3) is 0.0769. The lowest BCUT2D eigenvalue weighted by Crippen LogP contribution is -1.92. The van der Waals surface area contributed by atoms with Gasteiger partial charge in [-0.15, -0.1) is 5.10 Å². The summed E-state index contributed by atoms with van der Waals surface area (Å²) < 4.78 is 1.71. The summed E-state index contributed by atoms with van der Waals surface area (Å²) in [5.41, 5.74) is 1.56. The van der Waals surface area contributed by atoms with Crippen molar-refractivity contribution < 1.29 is 4.79 Å². The van der Waals surface area contributed by atoms with Gasteiger partial charge in [-0.05, 0) is 6.92 Å². The first-order valence-electron chi connectivity index (χ1n) is 5.76. The van der Waals surface area contributed by atoms with Crippen LogP contribution in [0.3, 0.4) is 0 Å². The minimum absolute atomic E-state index is 0.0447. The number of ketones is 1. The van der Waals surface area contributed by atoms with Crippen molar-refractivity contribution in [1.82, 2.24) is 24.7 Å². The number of carbonyl (C=O) groups is 1. The molecule has 3 aromatic rings. The first-order chi connectivity index (χ1) is 9.24. The van der Waals surface area contributed by atoms with Crippen LogP contribution in [0.1, 0.15) is 17.3 Å². The number of aromatic amines is 1. The third kappa shape index (κ3) is 2.15. The highest BCUT2D eigenvalue weighted by Gasteiger charge is 2.07. The molecule has 0 amide bonds. The Morgan fingerprint density at radius 3 is 2.68 bits per heavy atom. The first kappa shape index (κ1) is 11.3. The second-order valence-corrected chi connectivity index (χ2v) is 4.09. The predicted octanol–water partition coefficient (Wildman–Crippen LogP) is 1.86. The highest BCUT2D eigenvalue weighted by atomic mass is 16.1. The zero-order chi connectivity index (χ0) is 13.2. The zero-order valence-electron chi connectivity index (χ0n) is 10.2. The van der Waals surface area contributed by atoms with Crippen LogP contribution >= 0.6 is 0 Å². The van der Waals surface area contributed by atoms with Crippen molar-refractivity contribution in [2.45, 2.75) is 6.92 Å². The van der Waals surface area contributed by atoms with E-state index in [4.69, 9.17) is 0 Å². The Balaban J connectivity index is 1.92. The van der Waals surface area contributed by atoms with E-state index in [9.17, 15) is 4.79 Å². The van der Waals surface area contributed by atoms with Crippen LogP contribution in [-0.4, -0.2) is 30.5 Å². The summed E-state index contributed by atoms with van der Waals surface area (Å²) in [6, 6.07) is 7.23. The Morgan fingerprint density at radius 1 is 1.26 bits per heavy atom. The van der Waals surface area contributed by atoms with Crippen LogP contribution in [0.5, 0.6) is 0 Å². The zero-order valence-corrected chi connectivity index (χ0v) is 10.2. The van der Waals surface area contributed by atoms with Crippen LogP contribution in [0.25, 0.3) is 17.3 Å². The molecule has 2 aromatic heterocycles. The van der Waals surface area contributed by atoms with Crippen LogP contribution in [0.15, 0.2) is 43.0 Å². The number of nitrogens with one attached hydrogen (secondary N) is 1. The third-order valence-corrected chi connectivity index (χ3v) is 2.77. The summed E-state index contributed by atoms with van der Waals surface area (Å²) in [7, 11) is 0. The molecule has 0 radical (unpaired) electrons. The topological polar surface area (TPSA) is 76.5 Å². The number of aromatic nitrogens is 5. The lowest BCUT2D eigenvalue weighted by Gasteiger charge is -1.98. The van der Waals surface area contributed by atoms with Crippen molar-refractivity contribution in [2.24, 2.45) is 0 Å².